The molecule has 4 heteroatoms. The Hall–Kier alpha value is -2.00. The molecule has 0 bridgehead atoms. The van der Waals surface area contributed by atoms with Crippen LogP contribution in [0.25, 0.3) is 0 Å². The molecule has 1 N–H and O–H groups in total. The molecule has 3 rings (SSSR count). The van der Waals surface area contributed by atoms with E-state index in [2.05, 4.69) is 34.5 Å². The number of hydrogen-bond donors (Lipinski definition) is 1. The summed E-state index contributed by atoms with van der Waals surface area (Å²) in [4.78, 5) is 14.4. The topological polar surface area (TPSA) is 32.3 Å². The highest BCUT2D eigenvalue weighted by molar-refractivity contribution is 5.95. The molecule has 1 aliphatic heterocycles. The van der Waals surface area contributed by atoms with Crippen LogP contribution in [0.2, 0.25) is 0 Å². The first-order chi connectivity index (χ1) is 10.1. The van der Waals surface area contributed by atoms with E-state index in [9.17, 15) is 4.79 Å². The minimum Gasteiger partial charge on any atom is -0.362 e. The van der Waals surface area contributed by atoms with E-state index in [1.54, 1.807) is 0 Å². The van der Waals surface area contributed by atoms with Gasteiger partial charge < -0.3 is 10.2 Å². The van der Waals surface area contributed by atoms with Gasteiger partial charge in [-0.3, -0.25) is 4.79 Å². The van der Waals surface area contributed by atoms with Crippen molar-refractivity contribution in [3.8, 4) is 0 Å². The van der Waals surface area contributed by atoms with Gasteiger partial charge in [0.25, 0.3) is 0 Å². The first-order valence-corrected chi connectivity index (χ1v) is 7.33. The van der Waals surface area contributed by atoms with Crippen LogP contribution in [0, 0.1) is 13.8 Å². The predicted octanol–water partition coefficient (Wildman–Crippen LogP) is 3.73. The Morgan fingerprint density at radius 1 is 1.18 bits per heavy atom. The van der Waals surface area contributed by atoms with E-state index >= 15 is 0 Å². The number of aryl methyl sites for hydroxylation is 2. The predicted molar refractivity (Wildman–Crippen MR) is 94.2 cm³/mol. The van der Waals surface area contributed by atoms with Crippen LogP contribution < -0.4 is 10.2 Å². The van der Waals surface area contributed by atoms with Crippen LogP contribution in [0.4, 0.5) is 11.4 Å². The summed E-state index contributed by atoms with van der Waals surface area (Å²) >= 11 is 0. The zero-order valence-electron chi connectivity index (χ0n) is 12.9. The first-order valence-electron chi connectivity index (χ1n) is 7.33. The number of nitrogens with zero attached hydrogens (tertiary/aromatic N) is 1. The number of para-hydroxylation sites is 1. The molecule has 0 fully saturated rings. The van der Waals surface area contributed by atoms with Gasteiger partial charge in [-0.1, -0.05) is 30.3 Å². The molecule has 3 nitrogen and oxygen atoms in total. The van der Waals surface area contributed by atoms with Gasteiger partial charge in [-0.2, -0.15) is 0 Å². The van der Waals surface area contributed by atoms with E-state index in [1.165, 1.54) is 11.3 Å². The molecule has 0 unspecified atom stereocenters. The molecule has 0 spiro atoms. The molecule has 116 valence electrons. The van der Waals surface area contributed by atoms with Gasteiger partial charge >= 0.3 is 0 Å². The minimum atomic E-state index is 0. The summed E-state index contributed by atoms with van der Waals surface area (Å²) < 4.78 is 0. The lowest BCUT2D eigenvalue weighted by molar-refractivity contribution is -0.115. The fourth-order valence-electron chi connectivity index (χ4n) is 2.80. The van der Waals surface area contributed by atoms with Crippen molar-refractivity contribution in [1.29, 1.82) is 0 Å². The fourth-order valence-corrected chi connectivity index (χ4v) is 2.80. The number of benzene rings is 2. The highest BCUT2D eigenvalue weighted by atomic mass is 35.5. The monoisotopic (exact) mass is 316 g/mol. The molecule has 0 aromatic heterocycles. The fraction of sp³-hybridized carbons (Fsp3) is 0.278. The third-order valence-electron chi connectivity index (χ3n) is 3.98. The Bertz CT molecular complexity index is 685. The number of carbonyl (C=O) groups is 1. The van der Waals surface area contributed by atoms with E-state index in [0.717, 1.165) is 29.8 Å². The van der Waals surface area contributed by atoms with Crippen LogP contribution in [-0.4, -0.2) is 19.0 Å². The number of fused-ring (bicyclic) bond motifs is 1. The van der Waals surface area contributed by atoms with Crippen molar-refractivity contribution in [3.63, 3.8) is 0 Å². The Morgan fingerprint density at radius 2 is 1.95 bits per heavy atom. The highest BCUT2D eigenvalue weighted by Crippen LogP contribution is 2.27. The molecular formula is C18H21ClN2O. The summed E-state index contributed by atoms with van der Waals surface area (Å²) in [6.07, 6.45) is 1.02. The lowest BCUT2D eigenvalue weighted by atomic mass is 10.1. The molecule has 2 aromatic carbocycles. The maximum absolute atomic E-state index is 12.3. The molecule has 1 aliphatic rings. The largest absolute Gasteiger partial charge is 0.362 e. The Kier molecular flexibility index (Phi) is 5.09. The van der Waals surface area contributed by atoms with Gasteiger partial charge in [0.15, 0.2) is 0 Å². The summed E-state index contributed by atoms with van der Waals surface area (Å²) in [5, 5.41) is 3.03. The minimum absolute atomic E-state index is 0. The van der Waals surface area contributed by atoms with Crippen LogP contribution in [0.1, 0.15) is 16.7 Å². The summed E-state index contributed by atoms with van der Waals surface area (Å²) in [6, 6.07) is 14.4. The van der Waals surface area contributed by atoms with Crippen LogP contribution in [0.15, 0.2) is 42.5 Å². The van der Waals surface area contributed by atoms with Gasteiger partial charge in [0, 0.05) is 17.9 Å². The van der Waals surface area contributed by atoms with Crippen molar-refractivity contribution < 1.29 is 4.79 Å². The van der Waals surface area contributed by atoms with Gasteiger partial charge in [-0.25, -0.2) is 0 Å². The van der Waals surface area contributed by atoms with Crippen molar-refractivity contribution in [3.05, 3.63) is 59.2 Å². The Labute approximate surface area is 137 Å². The molecule has 0 saturated heterocycles. The third kappa shape index (κ3) is 3.42. The van der Waals surface area contributed by atoms with Gasteiger partial charge in [-0.15, -0.1) is 12.4 Å². The molecule has 1 heterocycles. The maximum Gasteiger partial charge on any atom is 0.243 e. The lowest BCUT2D eigenvalue weighted by Crippen LogP contribution is -2.32. The molecule has 0 atom stereocenters. The summed E-state index contributed by atoms with van der Waals surface area (Å²) in [7, 11) is 0. The number of rotatable bonds is 3. The van der Waals surface area contributed by atoms with Crippen LogP contribution in [0.5, 0.6) is 0 Å². The standard InChI is InChI=1S/C18H20N2O.ClH/c1-13-7-8-14(2)16(11-13)19-18(21)12-20-10-9-15-5-3-4-6-17(15)20;/h3-8,11H,9-10,12H2,1-2H3,(H,19,21);1H. The molecule has 0 aliphatic carbocycles. The van der Waals surface area contributed by atoms with E-state index in [0.29, 0.717) is 6.54 Å². The zero-order valence-corrected chi connectivity index (χ0v) is 13.7. The Balaban J connectivity index is 0.00000176. The quantitative estimate of drug-likeness (QED) is 0.936. The molecule has 0 radical (unpaired) electrons. The molecule has 2 aromatic rings. The normalized spacial score (nSPS) is 12.5. The number of carbonyl (C=O) groups excluding carboxylic acids is 1. The highest BCUT2D eigenvalue weighted by Gasteiger charge is 2.20. The van der Waals surface area contributed by atoms with Gasteiger partial charge in [-0.05, 0) is 49.1 Å². The summed E-state index contributed by atoms with van der Waals surface area (Å²) in [5.74, 6) is 0.0420. The van der Waals surface area contributed by atoms with Gasteiger partial charge in [0.05, 0.1) is 6.54 Å². The zero-order chi connectivity index (χ0) is 14.8. The number of amides is 1. The van der Waals surface area contributed by atoms with Crippen molar-refractivity contribution in [1.82, 2.24) is 0 Å². The second kappa shape index (κ2) is 6.84. The SMILES string of the molecule is Cc1ccc(C)c(NC(=O)CN2CCc3ccccc32)c1.Cl. The van der Waals surface area contributed by atoms with Crippen LogP contribution >= 0.6 is 12.4 Å². The van der Waals surface area contributed by atoms with Crippen LogP contribution in [0.3, 0.4) is 0 Å². The van der Waals surface area contributed by atoms with Crippen LogP contribution in [-0.2, 0) is 11.2 Å². The van der Waals surface area contributed by atoms with Gasteiger partial charge in [0.1, 0.15) is 0 Å². The smallest absolute Gasteiger partial charge is 0.243 e. The average Bonchev–Trinajstić information content (AvgIpc) is 2.86. The molecule has 0 saturated carbocycles. The van der Waals surface area contributed by atoms with Crippen molar-refractivity contribution in [2.45, 2.75) is 20.3 Å². The third-order valence-corrected chi connectivity index (χ3v) is 3.98. The molecular weight excluding hydrogens is 296 g/mol. The van der Waals surface area contributed by atoms with Crippen molar-refractivity contribution >= 4 is 29.7 Å². The van der Waals surface area contributed by atoms with Gasteiger partial charge in [0.2, 0.25) is 5.91 Å². The number of halogens is 1. The van der Waals surface area contributed by atoms with Crippen molar-refractivity contribution in [2.75, 3.05) is 23.3 Å². The number of anilines is 2. The molecule has 1 amide bonds. The van der Waals surface area contributed by atoms with E-state index in [4.69, 9.17) is 0 Å². The second-order valence-corrected chi connectivity index (χ2v) is 5.67. The van der Waals surface area contributed by atoms with E-state index in [1.807, 2.05) is 32.0 Å². The lowest BCUT2D eigenvalue weighted by Gasteiger charge is -2.19. The second-order valence-electron chi connectivity index (χ2n) is 5.67. The molecule has 22 heavy (non-hydrogen) atoms. The first kappa shape index (κ1) is 16.4. The Morgan fingerprint density at radius 3 is 2.77 bits per heavy atom. The summed E-state index contributed by atoms with van der Waals surface area (Å²) in [5.41, 5.74) is 5.68. The summed E-state index contributed by atoms with van der Waals surface area (Å²) in [6.45, 7) is 5.37. The average molecular weight is 317 g/mol. The van der Waals surface area contributed by atoms with E-state index < -0.39 is 0 Å². The maximum atomic E-state index is 12.3. The van der Waals surface area contributed by atoms with Crippen molar-refractivity contribution in [2.24, 2.45) is 0 Å². The van der Waals surface area contributed by atoms with E-state index in [-0.39, 0.29) is 18.3 Å². The number of nitrogens with one attached hydrogen (secondary N) is 1. The number of hydrogen-bond acceptors (Lipinski definition) is 2.